The number of unbranched alkanes of at least 4 members (excludes halogenated alkanes) is 3. The number of rotatable bonds is 8. The third-order valence-electron chi connectivity index (χ3n) is 4.15. The van der Waals surface area contributed by atoms with Gasteiger partial charge in [-0.15, -0.1) is 0 Å². The van der Waals surface area contributed by atoms with Crippen molar-refractivity contribution in [1.82, 2.24) is 9.78 Å². The summed E-state index contributed by atoms with van der Waals surface area (Å²) in [6, 6.07) is 8.17. The van der Waals surface area contributed by atoms with Crippen LogP contribution in [0, 0.1) is 0 Å². The number of nitrogens with zero attached hydrogens (tertiary/aromatic N) is 2. The van der Waals surface area contributed by atoms with Crippen molar-refractivity contribution in [3.63, 3.8) is 0 Å². The molecular formula is C19H26N2O2. The fourth-order valence-corrected chi connectivity index (χ4v) is 2.78. The van der Waals surface area contributed by atoms with Gasteiger partial charge in [-0.2, -0.15) is 5.10 Å². The lowest BCUT2D eigenvalue weighted by Crippen LogP contribution is -1.99. The summed E-state index contributed by atoms with van der Waals surface area (Å²) in [5.41, 5.74) is 2.94. The Morgan fingerprint density at radius 2 is 1.83 bits per heavy atom. The standard InChI is InChI=1S/C19H26N2O2/c1-4-6-7-8-9-14-10-12-15(13-11-14)18-19(23)17(16(22)5-2)20-21(18)3/h10-13,23H,4-9H2,1-3H3. The fourth-order valence-electron chi connectivity index (χ4n) is 2.78. The predicted octanol–water partition coefficient (Wildman–Crippen LogP) is 4.51. The van der Waals surface area contributed by atoms with E-state index >= 15 is 0 Å². The normalized spacial score (nSPS) is 10.9. The molecule has 0 saturated carbocycles. The highest BCUT2D eigenvalue weighted by molar-refractivity contribution is 5.98. The number of aromatic nitrogens is 2. The van der Waals surface area contributed by atoms with Gasteiger partial charge in [-0.25, -0.2) is 0 Å². The van der Waals surface area contributed by atoms with Gasteiger partial charge < -0.3 is 5.11 Å². The molecule has 2 aromatic rings. The first kappa shape index (κ1) is 17.3. The van der Waals surface area contributed by atoms with Gasteiger partial charge in [0.25, 0.3) is 0 Å². The Labute approximate surface area is 138 Å². The first-order valence-electron chi connectivity index (χ1n) is 8.46. The van der Waals surface area contributed by atoms with E-state index in [0.29, 0.717) is 12.1 Å². The van der Waals surface area contributed by atoms with E-state index in [2.05, 4.69) is 24.2 Å². The molecule has 23 heavy (non-hydrogen) atoms. The third-order valence-corrected chi connectivity index (χ3v) is 4.15. The van der Waals surface area contributed by atoms with Gasteiger partial charge in [0.2, 0.25) is 0 Å². The largest absolute Gasteiger partial charge is 0.504 e. The minimum absolute atomic E-state index is 0.0185. The zero-order valence-corrected chi connectivity index (χ0v) is 14.3. The second-order valence-corrected chi connectivity index (χ2v) is 5.95. The van der Waals surface area contributed by atoms with Gasteiger partial charge >= 0.3 is 0 Å². The summed E-state index contributed by atoms with van der Waals surface area (Å²) >= 11 is 0. The van der Waals surface area contributed by atoms with E-state index in [-0.39, 0.29) is 17.2 Å². The second kappa shape index (κ2) is 7.95. The molecule has 1 heterocycles. The van der Waals surface area contributed by atoms with Crippen molar-refractivity contribution in [1.29, 1.82) is 0 Å². The molecule has 0 aliphatic carbocycles. The van der Waals surface area contributed by atoms with Crippen molar-refractivity contribution in [2.45, 2.75) is 52.4 Å². The van der Waals surface area contributed by atoms with Crippen molar-refractivity contribution in [2.75, 3.05) is 0 Å². The molecule has 1 aromatic heterocycles. The SMILES string of the molecule is CCCCCCc1ccc(-c2c(O)c(C(=O)CC)nn2C)cc1. The molecule has 0 radical (unpaired) electrons. The van der Waals surface area contributed by atoms with Gasteiger partial charge in [0.15, 0.2) is 17.2 Å². The Bertz CT molecular complexity index is 657. The predicted molar refractivity (Wildman–Crippen MR) is 92.8 cm³/mol. The maximum atomic E-state index is 11.8. The number of hydrogen-bond acceptors (Lipinski definition) is 3. The van der Waals surface area contributed by atoms with E-state index in [4.69, 9.17) is 0 Å². The Kier molecular flexibility index (Phi) is 5.97. The number of carbonyl (C=O) groups excluding carboxylic acids is 1. The van der Waals surface area contributed by atoms with Gasteiger partial charge in [-0.1, -0.05) is 57.4 Å². The summed E-state index contributed by atoms with van der Waals surface area (Å²) in [5, 5.41) is 14.5. The summed E-state index contributed by atoms with van der Waals surface area (Å²) in [7, 11) is 1.75. The van der Waals surface area contributed by atoms with Crippen LogP contribution in [0.5, 0.6) is 5.75 Å². The van der Waals surface area contributed by atoms with E-state index in [1.54, 1.807) is 18.7 Å². The molecular weight excluding hydrogens is 288 g/mol. The zero-order valence-electron chi connectivity index (χ0n) is 14.3. The molecule has 0 amide bonds. The van der Waals surface area contributed by atoms with Crippen LogP contribution in [0.2, 0.25) is 0 Å². The fraction of sp³-hybridized carbons (Fsp3) is 0.474. The number of aromatic hydroxyl groups is 1. The van der Waals surface area contributed by atoms with E-state index < -0.39 is 0 Å². The molecule has 0 aliphatic heterocycles. The van der Waals surface area contributed by atoms with Crippen molar-refractivity contribution in [3.8, 4) is 17.0 Å². The van der Waals surface area contributed by atoms with E-state index in [9.17, 15) is 9.90 Å². The van der Waals surface area contributed by atoms with Crippen LogP contribution >= 0.6 is 0 Å². The van der Waals surface area contributed by atoms with Crippen LogP contribution in [0.25, 0.3) is 11.3 Å². The molecule has 0 atom stereocenters. The maximum absolute atomic E-state index is 11.8. The Morgan fingerprint density at radius 3 is 2.43 bits per heavy atom. The number of ketones is 1. The Balaban J connectivity index is 2.16. The van der Waals surface area contributed by atoms with Crippen molar-refractivity contribution < 1.29 is 9.90 Å². The third kappa shape index (κ3) is 4.01. The van der Waals surface area contributed by atoms with E-state index in [1.807, 2.05) is 12.1 Å². The Morgan fingerprint density at radius 1 is 1.13 bits per heavy atom. The highest BCUT2D eigenvalue weighted by Gasteiger charge is 2.21. The highest BCUT2D eigenvalue weighted by atomic mass is 16.3. The number of benzene rings is 1. The minimum atomic E-state index is -0.142. The lowest BCUT2D eigenvalue weighted by molar-refractivity contribution is 0.0980. The number of hydrogen-bond donors (Lipinski definition) is 1. The highest BCUT2D eigenvalue weighted by Crippen LogP contribution is 2.32. The van der Waals surface area contributed by atoms with Crippen LogP contribution in [0.4, 0.5) is 0 Å². The van der Waals surface area contributed by atoms with Crippen LogP contribution in [-0.2, 0) is 13.5 Å². The molecule has 0 saturated heterocycles. The lowest BCUT2D eigenvalue weighted by atomic mass is 10.0. The molecule has 124 valence electrons. The minimum Gasteiger partial charge on any atom is -0.504 e. The van der Waals surface area contributed by atoms with Crippen LogP contribution < -0.4 is 0 Å². The smallest absolute Gasteiger partial charge is 0.186 e. The van der Waals surface area contributed by atoms with Crippen molar-refractivity contribution in [3.05, 3.63) is 35.5 Å². The molecule has 0 unspecified atom stereocenters. The van der Waals surface area contributed by atoms with Crippen molar-refractivity contribution >= 4 is 5.78 Å². The van der Waals surface area contributed by atoms with Crippen LogP contribution in [0.3, 0.4) is 0 Å². The molecule has 0 bridgehead atoms. The zero-order chi connectivity index (χ0) is 16.8. The van der Waals surface area contributed by atoms with Crippen LogP contribution in [-0.4, -0.2) is 20.7 Å². The number of Topliss-reactive ketones (excluding diaryl/α,β-unsaturated/α-hetero) is 1. The molecule has 4 heteroatoms. The first-order valence-corrected chi connectivity index (χ1v) is 8.46. The molecule has 1 N–H and O–H groups in total. The van der Waals surface area contributed by atoms with Gasteiger partial charge in [0.1, 0.15) is 5.69 Å². The van der Waals surface area contributed by atoms with E-state index in [0.717, 1.165) is 12.0 Å². The molecule has 4 nitrogen and oxygen atoms in total. The van der Waals surface area contributed by atoms with Gasteiger partial charge in [-0.3, -0.25) is 9.48 Å². The average Bonchev–Trinajstić information content (AvgIpc) is 2.86. The molecule has 0 spiro atoms. The van der Waals surface area contributed by atoms with Gasteiger partial charge in [-0.05, 0) is 18.4 Å². The van der Waals surface area contributed by atoms with Crippen LogP contribution in [0.15, 0.2) is 24.3 Å². The van der Waals surface area contributed by atoms with Gasteiger partial charge in [0.05, 0.1) is 0 Å². The summed E-state index contributed by atoms with van der Waals surface area (Å²) in [6.45, 7) is 3.98. The average molecular weight is 314 g/mol. The van der Waals surface area contributed by atoms with Crippen LogP contribution in [0.1, 0.15) is 62.0 Å². The Hall–Kier alpha value is -2.10. The molecule has 1 aromatic carbocycles. The second-order valence-electron chi connectivity index (χ2n) is 5.95. The molecule has 0 aliphatic rings. The lowest BCUT2D eigenvalue weighted by Gasteiger charge is -2.05. The summed E-state index contributed by atoms with van der Waals surface area (Å²) in [4.78, 5) is 11.8. The van der Waals surface area contributed by atoms with Gasteiger partial charge in [0, 0.05) is 19.0 Å². The first-order chi connectivity index (χ1) is 11.1. The summed E-state index contributed by atoms with van der Waals surface area (Å²) < 4.78 is 1.58. The number of carbonyl (C=O) groups is 1. The van der Waals surface area contributed by atoms with E-state index in [1.165, 1.54) is 31.2 Å². The monoisotopic (exact) mass is 314 g/mol. The molecule has 0 fully saturated rings. The number of aryl methyl sites for hydroxylation is 2. The summed E-state index contributed by atoms with van der Waals surface area (Å²) in [5.74, 6) is -0.160. The van der Waals surface area contributed by atoms with Crippen molar-refractivity contribution in [2.24, 2.45) is 7.05 Å². The quantitative estimate of drug-likeness (QED) is 0.576. The molecule has 2 rings (SSSR count). The topological polar surface area (TPSA) is 55.1 Å². The summed E-state index contributed by atoms with van der Waals surface area (Å²) in [6.07, 6.45) is 6.42. The maximum Gasteiger partial charge on any atom is 0.186 e.